The van der Waals surface area contributed by atoms with E-state index in [9.17, 15) is 13.8 Å². The number of ether oxygens (including phenoxy) is 2. The first-order valence-corrected chi connectivity index (χ1v) is 20.7. The molecule has 2 bridgehead atoms. The monoisotopic (exact) mass is 719 g/mol. The molecule has 2 aliphatic heterocycles. The van der Waals surface area contributed by atoms with Crippen molar-refractivity contribution in [3.8, 4) is 5.75 Å². The number of hydrogen-bond acceptors (Lipinski definition) is 6. The fraction of sp³-hybridized carbons (Fsp3) is 0.600. The van der Waals surface area contributed by atoms with Crippen molar-refractivity contribution >= 4 is 39.0 Å². The van der Waals surface area contributed by atoms with Gasteiger partial charge in [-0.25, -0.2) is 4.21 Å². The highest BCUT2D eigenvalue weighted by Crippen LogP contribution is 2.58. The van der Waals surface area contributed by atoms with E-state index < -0.39 is 15.8 Å². The van der Waals surface area contributed by atoms with Crippen LogP contribution in [0.25, 0.3) is 0 Å². The zero-order valence-electron chi connectivity index (χ0n) is 29.3. The predicted molar refractivity (Wildman–Crippen MR) is 197 cm³/mol. The lowest BCUT2D eigenvalue weighted by Gasteiger charge is -2.53. The molecule has 2 spiro atoms. The lowest BCUT2D eigenvalue weighted by molar-refractivity contribution is -0.134. The zero-order valence-corrected chi connectivity index (χ0v) is 30.9. The number of carbonyl (C=O) groups is 2. The fourth-order valence-corrected chi connectivity index (χ4v) is 12.0. The molecule has 0 unspecified atom stereocenters. The van der Waals surface area contributed by atoms with Gasteiger partial charge in [0.2, 0.25) is 5.91 Å². The molecule has 0 aromatic heterocycles. The average Bonchev–Trinajstić information content (AvgIpc) is 3.17. The molecule has 268 valence electrons. The lowest BCUT2D eigenvalue weighted by atomic mass is 9.52. The third-order valence-corrected chi connectivity index (χ3v) is 15.2. The first-order valence-electron chi connectivity index (χ1n) is 18.7. The van der Waals surface area contributed by atoms with Crippen LogP contribution in [0.1, 0.15) is 92.6 Å². The van der Waals surface area contributed by atoms with Crippen molar-refractivity contribution in [1.29, 1.82) is 0 Å². The Labute approximate surface area is 302 Å². The number of amides is 2. The van der Waals surface area contributed by atoms with Gasteiger partial charge < -0.3 is 14.4 Å². The highest BCUT2D eigenvalue weighted by Gasteiger charge is 2.51. The van der Waals surface area contributed by atoms with Gasteiger partial charge in [0.25, 0.3) is 5.91 Å². The summed E-state index contributed by atoms with van der Waals surface area (Å²) >= 11 is 6.46. The summed E-state index contributed by atoms with van der Waals surface area (Å²) < 4.78 is 34.5. The summed E-state index contributed by atoms with van der Waals surface area (Å²) in [4.78, 5) is 29.9. The molecule has 1 N–H and O–H groups in total. The van der Waals surface area contributed by atoms with E-state index in [1.807, 2.05) is 25.1 Å². The van der Waals surface area contributed by atoms with Crippen LogP contribution in [0.4, 0.5) is 5.69 Å². The quantitative estimate of drug-likeness (QED) is 0.327. The minimum atomic E-state index is -3.38. The largest absolute Gasteiger partial charge is 0.490 e. The molecular weight excluding hydrogens is 670 g/mol. The van der Waals surface area contributed by atoms with Crippen molar-refractivity contribution in [2.45, 2.75) is 89.1 Å². The summed E-state index contributed by atoms with van der Waals surface area (Å²) in [5.41, 5.74) is 3.85. The van der Waals surface area contributed by atoms with E-state index in [0.29, 0.717) is 35.8 Å². The fourth-order valence-electron chi connectivity index (χ4n) is 9.86. The second kappa shape index (κ2) is 13.3. The maximum Gasteiger partial charge on any atom is 0.286 e. The van der Waals surface area contributed by atoms with Gasteiger partial charge in [-0.05, 0) is 129 Å². The van der Waals surface area contributed by atoms with Gasteiger partial charge in [0, 0.05) is 42.1 Å². The van der Waals surface area contributed by atoms with E-state index in [-0.39, 0.29) is 35.0 Å². The molecule has 2 heterocycles. The second-order valence-corrected chi connectivity index (χ2v) is 18.8. The number of nitrogens with zero attached hydrogens (tertiary/aromatic N) is 2. The van der Waals surface area contributed by atoms with Gasteiger partial charge in [-0.1, -0.05) is 43.2 Å². The number of halogens is 1. The maximum atomic E-state index is 14.5. The summed E-state index contributed by atoms with van der Waals surface area (Å²) in [7, 11) is -1.60. The summed E-state index contributed by atoms with van der Waals surface area (Å²) in [5, 5.41) is 0.753. The van der Waals surface area contributed by atoms with E-state index in [1.165, 1.54) is 30.4 Å². The molecule has 3 fully saturated rings. The van der Waals surface area contributed by atoms with Crippen molar-refractivity contribution in [1.82, 2.24) is 4.72 Å². The van der Waals surface area contributed by atoms with Crippen LogP contribution in [0.15, 0.2) is 52.9 Å². The van der Waals surface area contributed by atoms with Gasteiger partial charge >= 0.3 is 0 Å². The normalized spacial score (nSPS) is 34.1. The molecule has 0 saturated heterocycles. The van der Waals surface area contributed by atoms with Crippen LogP contribution in [0.3, 0.4) is 0 Å². The number of carbonyl (C=O) groups excluding carboxylic acids is 2. The lowest BCUT2D eigenvalue weighted by Crippen LogP contribution is -2.50. The first kappa shape index (κ1) is 34.2. The van der Waals surface area contributed by atoms with Gasteiger partial charge in [-0.2, -0.15) is 0 Å². The number of benzene rings is 2. The molecule has 6 aliphatic rings. The molecule has 2 aromatic rings. The number of methoxy groups -OCH3 is 1. The summed E-state index contributed by atoms with van der Waals surface area (Å²) in [6, 6.07) is 11.7. The summed E-state index contributed by atoms with van der Waals surface area (Å²) in [6.07, 6.45) is 15.4. The second-order valence-electron chi connectivity index (χ2n) is 16.4. The summed E-state index contributed by atoms with van der Waals surface area (Å²) in [6.45, 7) is 4.08. The predicted octanol–water partition coefficient (Wildman–Crippen LogP) is 7.67. The smallest absolute Gasteiger partial charge is 0.286 e. The highest BCUT2D eigenvalue weighted by atomic mass is 35.5. The molecule has 6 atom stereocenters. The van der Waals surface area contributed by atoms with Gasteiger partial charge in [-0.3, -0.25) is 14.3 Å². The van der Waals surface area contributed by atoms with E-state index >= 15 is 0 Å². The van der Waals surface area contributed by atoms with Crippen molar-refractivity contribution in [2.75, 3.05) is 37.5 Å². The van der Waals surface area contributed by atoms with Crippen LogP contribution < -0.4 is 14.4 Å². The van der Waals surface area contributed by atoms with E-state index in [1.54, 1.807) is 13.2 Å². The number of rotatable bonds is 3. The molecule has 3 saturated carbocycles. The number of nitrogens with one attached hydrogen (secondary N) is 1. The van der Waals surface area contributed by atoms with Crippen LogP contribution in [0, 0.1) is 29.1 Å². The van der Waals surface area contributed by atoms with Crippen LogP contribution in [-0.4, -0.2) is 54.7 Å². The average molecular weight is 720 g/mol. The van der Waals surface area contributed by atoms with Gasteiger partial charge in [0.1, 0.15) is 15.7 Å². The number of allylic oxidation sites excluding steroid dienone is 1. The Morgan fingerprint density at radius 2 is 1.96 bits per heavy atom. The van der Waals surface area contributed by atoms with Crippen molar-refractivity contribution in [3.05, 3.63) is 70.3 Å². The van der Waals surface area contributed by atoms with Crippen LogP contribution in [0.5, 0.6) is 5.75 Å². The van der Waals surface area contributed by atoms with Crippen LogP contribution in [-0.2, 0) is 31.3 Å². The van der Waals surface area contributed by atoms with Gasteiger partial charge in [-0.15, -0.1) is 4.36 Å². The zero-order chi connectivity index (χ0) is 34.7. The molecule has 2 aromatic carbocycles. The van der Waals surface area contributed by atoms with Gasteiger partial charge in [0.05, 0.1) is 24.2 Å². The van der Waals surface area contributed by atoms with Gasteiger partial charge in [0.15, 0.2) is 0 Å². The topological polar surface area (TPSA) is 97.3 Å². The molecule has 50 heavy (non-hydrogen) atoms. The molecular formula is C40H50ClN3O5S. The molecule has 4 aliphatic carbocycles. The molecule has 8 rings (SSSR count). The minimum absolute atomic E-state index is 0.0258. The first-order chi connectivity index (χ1) is 24.1. The number of fused-ring (bicyclic) bond motifs is 4. The number of anilines is 1. The highest BCUT2D eigenvalue weighted by molar-refractivity contribution is 7.92. The van der Waals surface area contributed by atoms with E-state index in [4.69, 9.17) is 21.1 Å². The Morgan fingerprint density at radius 3 is 2.70 bits per heavy atom. The van der Waals surface area contributed by atoms with Crippen molar-refractivity contribution < 1.29 is 23.3 Å². The van der Waals surface area contributed by atoms with Crippen LogP contribution in [0.2, 0.25) is 5.02 Å². The van der Waals surface area contributed by atoms with Crippen molar-refractivity contribution in [2.24, 2.45) is 33.4 Å². The molecule has 10 heteroatoms. The SMILES string of the molecule is CO[C@H]1/C=C/C[C@H](C)C[S@@](=O)(NC(=O)C2CC3(CCC3)C2)=NC(=O)c2ccc3c(c2)N(C[C@@H]2CC[C@H]21)C[C@@]1(CCCc2cc(Cl)ccc21)CO3. The molecule has 8 nitrogen and oxygen atoms in total. The minimum Gasteiger partial charge on any atom is -0.490 e. The number of aryl methyl sites for hydroxylation is 1. The van der Waals surface area contributed by atoms with Crippen LogP contribution >= 0.6 is 11.6 Å². The third kappa shape index (κ3) is 6.40. The summed E-state index contributed by atoms with van der Waals surface area (Å²) in [5.74, 6) is 0.559. The Balaban J connectivity index is 1.17. The Kier molecular flexibility index (Phi) is 9.08. The Hall–Kier alpha value is -2.88. The Morgan fingerprint density at radius 1 is 1.12 bits per heavy atom. The standard InChI is InChI=1S/C40H50ClN3O5S/c1-26-6-3-8-35(48-2)32-12-9-29(32)22-44-24-40(17-4-7-27-18-31(41)11-13-33(27)40)25-49-36-14-10-28(19-34(36)44)37(45)42-50(47,23-26)43-38(46)30-20-39(21-30)15-5-16-39/h3,8,10-11,13-14,18-19,26,29-30,32,35H,4-7,9,12,15-17,20-25H2,1-2H3,(H,42,43,45,46,47)/b8-3+/t26-,29-,32+,35-,40-,50-/m0/s1. The van der Waals surface area contributed by atoms with Crippen molar-refractivity contribution in [3.63, 3.8) is 0 Å². The number of hydrogen-bond donors (Lipinski definition) is 1. The third-order valence-electron chi connectivity index (χ3n) is 12.9. The maximum absolute atomic E-state index is 14.5. The molecule has 2 amide bonds. The molecule has 0 radical (unpaired) electrons. The van der Waals surface area contributed by atoms with E-state index in [0.717, 1.165) is 74.5 Å². The van der Waals surface area contributed by atoms with E-state index in [2.05, 4.69) is 38.3 Å². The Bertz CT molecular complexity index is 1820.